The molecule has 0 rings (SSSR count). The highest BCUT2D eigenvalue weighted by molar-refractivity contribution is 5.71. The number of rotatable bonds is 6. The minimum Gasteiger partial charge on any atom is -0.346 e. The molecular weight excluding hydrogens is 196 g/mol. The van der Waals surface area contributed by atoms with Gasteiger partial charge >= 0.3 is 0 Å². The van der Waals surface area contributed by atoms with Crippen molar-refractivity contribution in [1.82, 2.24) is 4.90 Å². The van der Waals surface area contributed by atoms with Gasteiger partial charge in [0.1, 0.15) is 0 Å². The largest absolute Gasteiger partial charge is 0.346 e. The van der Waals surface area contributed by atoms with Crippen molar-refractivity contribution in [2.75, 3.05) is 14.1 Å². The lowest BCUT2D eigenvalue weighted by Gasteiger charge is -2.19. The Kier molecular flexibility index (Phi) is 7.51. The van der Waals surface area contributed by atoms with Crippen LogP contribution in [-0.4, -0.2) is 25.2 Å². The van der Waals surface area contributed by atoms with Crippen LogP contribution in [0.15, 0.2) is 66.0 Å². The molecule has 2 heteroatoms. The fourth-order valence-electron chi connectivity index (χ4n) is 0.926. The van der Waals surface area contributed by atoms with Crippen molar-refractivity contribution in [1.29, 1.82) is 0 Å². The molecule has 0 atom stereocenters. The molecule has 0 amide bonds. The zero-order valence-corrected chi connectivity index (χ0v) is 10.4. The zero-order chi connectivity index (χ0) is 12.4. The summed E-state index contributed by atoms with van der Waals surface area (Å²) in [6, 6.07) is 0. The lowest BCUT2D eigenvalue weighted by Crippen LogP contribution is -2.12. The number of aliphatic imine (C=N–C) groups is 1. The van der Waals surface area contributed by atoms with Crippen molar-refractivity contribution < 1.29 is 0 Å². The van der Waals surface area contributed by atoms with Gasteiger partial charge in [-0.1, -0.05) is 31.4 Å². The third-order valence-electron chi connectivity index (χ3n) is 1.98. The van der Waals surface area contributed by atoms with Gasteiger partial charge in [0.05, 0.1) is 0 Å². The molecule has 0 N–H and O–H groups in total. The molecule has 0 saturated heterocycles. The van der Waals surface area contributed by atoms with Gasteiger partial charge in [-0.25, -0.2) is 0 Å². The molecule has 0 fully saturated rings. The van der Waals surface area contributed by atoms with Crippen molar-refractivity contribution in [3.05, 3.63) is 61.0 Å². The van der Waals surface area contributed by atoms with E-state index in [1.807, 2.05) is 55.3 Å². The average Bonchev–Trinajstić information content (AvgIpc) is 2.28. The lowest BCUT2D eigenvalue weighted by molar-refractivity contribution is 0.559. The van der Waals surface area contributed by atoms with Gasteiger partial charge in [-0.3, -0.25) is 4.99 Å². The second-order valence-electron chi connectivity index (χ2n) is 3.19. The molecule has 0 spiro atoms. The minimum atomic E-state index is 0.870. The van der Waals surface area contributed by atoms with Crippen LogP contribution in [0.5, 0.6) is 0 Å². The fraction of sp³-hybridized carbons (Fsp3) is 0.214. The first-order chi connectivity index (χ1) is 7.63. The van der Waals surface area contributed by atoms with Gasteiger partial charge in [0.2, 0.25) is 0 Å². The Balaban J connectivity index is 4.38. The van der Waals surface area contributed by atoms with Crippen molar-refractivity contribution in [3.8, 4) is 0 Å². The summed E-state index contributed by atoms with van der Waals surface area (Å²) in [5.41, 5.74) is 1.76. The van der Waals surface area contributed by atoms with Gasteiger partial charge in [-0.05, 0) is 25.2 Å². The first kappa shape index (κ1) is 14.2. The fourth-order valence-corrected chi connectivity index (χ4v) is 0.926. The summed E-state index contributed by atoms with van der Waals surface area (Å²) in [6.45, 7) is 9.87. The molecule has 0 aliphatic heterocycles. The Morgan fingerprint density at radius 3 is 2.12 bits per heavy atom. The maximum absolute atomic E-state index is 3.95. The summed E-state index contributed by atoms with van der Waals surface area (Å²) in [5, 5.41) is 0. The Morgan fingerprint density at radius 1 is 1.06 bits per heavy atom. The summed E-state index contributed by atoms with van der Waals surface area (Å²) in [7, 11) is 3.66. The molecule has 0 aromatic rings. The second kappa shape index (κ2) is 8.48. The normalized spacial score (nSPS) is 12.2. The molecule has 0 aromatic carbocycles. The van der Waals surface area contributed by atoms with E-state index in [9.17, 15) is 0 Å². The molecule has 0 aliphatic rings. The topological polar surface area (TPSA) is 15.6 Å². The quantitative estimate of drug-likeness (QED) is 0.491. The maximum Gasteiger partial charge on any atom is 0.0335 e. The highest BCUT2D eigenvalue weighted by Crippen LogP contribution is 2.09. The zero-order valence-electron chi connectivity index (χ0n) is 10.4. The lowest BCUT2D eigenvalue weighted by atomic mass is 10.3. The van der Waals surface area contributed by atoms with Crippen LogP contribution < -0.4 is 0 Å². The van der Waals surface area contributed by atoms with Crippen LogP contribution in [0.1, 0.15) is 6.92 Å². The molecule has 2 nitrogen and oxygen atoms in total. The van der Waals surface area contributed by atoms with E-state index in [4.69, 9.17) is 0 Å². The van der Waals surface area contributed by atoms with Gasteiger partial charge in [0, 0.05) is 31.7 Å². The van der Waals surface area contributed by atoms with Crippen LogP contribution in [-0.2, 0) is 0 Å². The van der Waals surface area contributed by atoms with E-state index in [0.29, 0.717) is 0 Å². The molecule has 0 heterocycles. The Labute approximate surface area is 98.7 Å². The molecule has 0 aromatic heterocycles. The van der Waals surface area contributed by atoms with Crippen LogP contribution in [0, 0.1) is 0 Å². The van der Waals surface area contributed by atoms with E-state index in [0.717, 1.165) is 11.4 Å². The number of allylic oxidation sites excluding steroid dienone is 6. The van der Waals surface area contributed by atoms with Crippen LogP contribution in [0.25, 0.3) is 0 Å². The summed E-state index contributed by atoms with van der Waals surface area (Å²) >= 11 is 0. The number of hydrogen-bond donors (Lipinski definition) is 0. The van der Waals surface area contributed by atoms with Crippen molar-refractivity contribution in [3.63, 3.8) is 0 Å². The molecule has 16 heavy (non-hydrogen) atoms. The Hall–Kier alpha value is -1.83. The highest BCUT2D eigenvalue weighted by atomic mass is 15.1. The van der Waals surface area contributed by atoms with Crippen LogP contribution >= 0.6 is 0 Å². The predicted octanol–water partition coefficient (Wildman–Crippen LogP) is 3.33. The SMILES string of the molecule is C=C(/C=C\C=C/C)N(C)C(=C)/C=C\C=N/C. The van der Waals surface area contributed by atoms with E-state index in [1.165, 1.54) is 0 Å². The number of hydrogen-bond acceptors (Lipinski definition) is 2. The van der Waals surface area contributed by atoms with Crippen LogP contribution in [0.2, 0.25) is 0 Å². The molecule has 0 unspecified atom stereocenters. The van der Waals surface area contributed by atoms with E-state index in [2.05, 4.69) is 18.2 Å². The smallest absolute Gasteiger partial charge is 0.0335 e. The standard InChI is InChI=1S/C14H20N2/c1-6-7-8-10-13(2)16(5)14(3)11-9-12-15-4/h6-12H,2-3H2,1,4-5H3/b7-6-,10-8-,11-9-,15-12-. The molecular formula is C14H20N2. The third-order valence-corrected chi connectivity index (χ3v) is 1.98. The molecule has 0 radical (unpaired) electrons. The summed E-state index contributed by atoms with van der Waals surface area (Å²) in [6.07, 6.45) is 13.3. The van der Waals surface area contributed by atoms with Crippen LogP contribution in [0.4, 0.5) is 0 Å². The second-order valence-corrected chi connectivity index (χ2v) is 3.19. The van der Waals surface area contributed by atoms with E-state index < -0.39 is 0 Å². The van der Waals surface area contributed by atoms with E-state index in [1.54, 1.807) is 13.3 Å². The first-order valence-electron chi connectivity index (χ1n) is 5.13. The average molecular weight is 216 g/mol. The van der Waals surface area contributed by atoms with Gasteiger partial charge in [0.25, 0.3) is 0 Å². The highest BCUT2D eigenvalue weighted by Gasteiger charge is 1.98. The van der Waals surface area contributed by atoms with Gasteiger partial charge in [-0.15, -0.1) is 0 Å². The van der Waals surface area contributed by atoms with Crippen molar-refractivity contribution in [2.24, 2.45) is 4.99 Å². The maximum atomic E-state index is 3.95. The first-order valence-corrected chi connectivity index (χ1v) is 5.13. The minimum absolute atomic E-state index is 0.870. The Morgan fingerprint density at radius 2 is 1.62 bits per heavy atom. The summed E-state index contributed by atoms with van der Waals surface area (Å²) in [4.78, 5) is 5.77. The van der Waals surface area contributed by atoms with Crippen molar-refractivity contribution >= 4 is 6.21 Å². The van der Waals surface area contributed by atoms with Gasteiger partial charge in [-0.2, -0.15) is 0 Å². The molecule has 86 valence electrons. The molecule has 0 aliphatic carbocycles. The van der Waals surface area contributed by atoms with Crippen molar-refractivity contribution in [2.45, 2.75) is 6.92 Å². The summed E-state index contributed by atoms with van der Waals surface area (Å²) in [5.74, 6) is 0. The Bertz CT molecular complexity index is 310. The monoisotopic (exact) mass is 216 g/mol. The number of nitrogens with zero attached hydrogens (tertiary/aromatic N) is 2. The predicted molar refractivity (Wildman–Crippen MR) is 73.6 cm³/mol. The van der Waals surface area contributed by atoms with E-state index >= 15 is 0 Å². The van der Waals surface area contributed by atoms with Crippen LogP contribution in [0.3, 0.4) is 0 Å². The molecule has 0 saturated carbocycles. The number of likely N-dealkylation sites (N-methyl/N-ethyl adjacent to an activating group) is 1. The summed E-state index contributed by atoms with van der Waals surface area (Å²) < 4.78 is 0. The molecule has 0 bridgehead atoms. The third kappa shape index (κ3) is 5.81. The van der Waals surface area contributed by atoms with E-state index in [-0.39, 0.29) is 0 Å². The van der Waals surface area contributed by atoms with Gasteiger partial charge < -0.3 is 4.90 Å². The van der Waals surface area contributed by atoms with Gasteiger partial charge in [0.15, 0.2) is 0 Å².